The molecular weight excluding hydrogens is 216 g/mol. The predicted octanol–water partition coefficient (Wildman–Crippen LogP) is 2.58. The number of hydrogen-bond donors (Lipinski definition) is 1. The van der Waals surface area contributed by atoms with Crippen molar-refractivity contribution < 1.29 is 4.52 Å². The molecule has 1 aliphatic rings. The van der Waals surface area contributed by atoms with Crippen molar-refractivity contribution in [2.45, 2.75) is 38.6 Å². The Labute approximate surface area is 99.6 Å². The molecule has 5 nitrogen and oxygen atoms in total. The van der Waals surface area contributed by atoms with Gasteiger partial charge in [0.05, 0.1) is 0 Å². The molecule has 0 unspecified atom stereocenters. The summed E-state index contributed by atoms with van der Waals surface area (Å²) in [5, 5.41) is 8.50. The summed E-state index contributed by atoms with van der Waals surface area (Å²) in [6.07, 6.45) is 2.41. The fourth-order valence-electron chi connectivity index (χ4n) is 1.92. The van der Waals surface area contributed by atoms with Crippen molar-refractivity contribution in [3.8, 4) is 11.4 Å². The van der Waals surface area contributed by atoms with Gasteiger partial charge in [0.1, 0.15) is 23.0 Å². The number of hydrogen-bond acceptors (Lipinski definition) is 4. The van der Waals surface area contributed by atoms with Crippen LogP contribution in [0.5, 0.6) is 0 Å². The molecule has 0 saturated heterocycles. The zero-order chi connectivity index (χ0) is 12.0. The van der Waals surface area contributed by atoms with E-state index in [4.69, 9.17) is 10.3 Å². The van der Waals surface area contributed by atoms with Gasteiger partial charge in [-0.2, -0.15) is 5.10 Å². The molecule has 5 heteroatoms. The van der Waals surface area contributed by atoms with Crippen LogP contribution in [0.1, 0.15) is 44.4 Å². The van der Waals surface area contributed by atoms with E-state index in [0.717, 1.165) is 17.1 Å². The lowest BCUT2D eigenvalue weighted by atomic mass is 10.2. The highest BCUT2D eigenvalue weighted by Gasteiger charge is 2.28. The Bertz CT molecular complexity index is 536. The summed E-state index contributed by atoms with van der Waals surface area (Å²) in [6.45, 7) is 4.09. The molecule has 0 spiro atoms. The molecule has 17 heavy (non-hydrogen) atoms. The molecule has 3 rings (SSSR count). The summed E-state index contributed by atoms with van der Waals surface area (Å²) in [7, 11) is 0. The number of anilines is 1. The maximum absolute atomic E-state index is 5.90. The Morgan fingerprint density at radius 2 is 2.12 bits per heavy atom. The van der Waals surface area contributed by atoms with Gasteiger partial charge < -0.3 is 10.3 Å². The first kappa shape index (κ1) is 10.4. The van der Waals surface area contributed by atoms with Gasteiger partial charge in [0.25, 0.3) is 0 Å². The lowest BCUT2D eigenvalue weighted by molar-refractivity contribution is 0.386. The van der Waals surface area contributed by atoms with Crippen LogP contribution < -0.4 is 5.73 Å². The second kappa shape index (κ2) is 3.61. The van der Waals surface area contributed by atoms with E-state index >= 15 is 0 Å². The highest BCUT2D eigenvalue weighted by atomic mass is 16.5. The Hall–Kier alpha value is -1.78. The van der Waals surface area contributed by atoms with Gasteiger partial charge in [0.15, 0.2) is 0 Å². The standard InChI is InChI=1S/C12H16N4O/c1-7(2)16-12(13)6-9(14-16)10-5-11(17-15-10)8-3-4-8/h5-8H,3-4,13H2,1-2H3. The monoisotopic (exact) mass is 232 g/mol. The molecule has 2 heterocycles. The quantitative estimate of drug-likeness (QED) is 0.883. The lowest BCUT2D eigenvalue weighted by Crippen LogP contribution is -2.06. The first-order valence-electron chi connectivity index (χ1n) is 5.97. The van der Waals surface area contributed by atoms with Crippen molar-refractivity contribution >= 4 is 5.82 Å². The second-order valence-corrected chi connectivity index (χ2v) is 4.88. The first-order valence-corrected chi connectivity index (χ1v) is 5.97. The van der Waals surface area contributed by atoms with Crippen LogP contribution in [0, 0.1) is 0 Å². The highest BCUT2D eigenvalue weighted by Crippen LogP contribution is 2.41. The smallest absolute Gasteiger partial charge is 0.140 e. The van der Waals surface area contributed by atoms with Gasteiger partial charge in [-0.1, -0.05) is 5.16 Å². The zero-order valence-corrected chi connectivity index (χ0v) is 10.1. The number of nitrogens with two attached hydrogens (primary N) is 1. The van der Waals surface area contributed by atoms with Gasteiger partial charge in [-0.15, -0.1) is 0 Å². The van der Waals surface area contributed by atoms with Crippen LogP contribution in [-0.4, -0.2) is 14.9 Å². The minimum Gasteiger partial charge on any atom is -0.384 e. The van der Waals surface area contributed by atoms with Crippen molar-refractivity contribution in [3.63, 3.8) is 0 Å². The lowest BCUT2D eigenvalue weighted by Gasteiger charge is -2.06. The maximum atomic E-state index is 5.90. The fourth-order valence-corrected chi connectivity index (χ4v) is 1.92. The minimum absolute atomic E-state index is 0.249. The largest absolute Gasteiger partial charge is 0.384 e. The molecule has 0 aliphatic heterocycles. The maximum Gasteiger partial charge on any atom is 0.140 e. The molecule has 2 aromatic rings. The van der Waals surface area contributed by atoms with Crippen LogP contribution in [-0.2, 0) is 0 Å². The summed E-state index contributed by atoms with van der Waals surface area (Å²) in [5.41, 5.74) is 7.46. The molecule has 0 amide bonds. The molecule has 90 valence electrons. The van der Waals surface area contributed by atoms with Crippen molar-refractivity contribution in [2.24, 2.45) is 0 Å². The molecule has 0 radical (unpaired) electrons. The third kappa shape index (κ3) is 1.81. The molecule has 1 saturated carbocycles. The van der Waals surface area contributed by atoms with E-state index in [1.54, 1.807) is 4.68 Å². The number of nitrogen functional groups attached to an aromatic ring is 1. The van der Waals surface area contributed by atoms with E-state index in [9.17, 15) is 0 Å². The molecule has 1 fully saturated rings. The van der Waals surface area contributed by atoms with Gasteiger partial charge >= 0.3 is 0 Å². The van der Waals surface area contributed by atoms with E-state index in [1.165, 1.54) is 12.8 Å². The summed E-state index contributed by atoms with van der Waals surface area (Å²) < 4.78 is 7.10. The SMILES string of the molecule is CC(C)n1nc(-c2cc(C3CC3)on2)cc1N. The van der Waals surface area contributed by atoms with Crippen molar-refractivity contribution in [1.29, 1.82) is 0 Å². The van der Waals surface area contributed by atoms with Gasteiger partial charge in [0.2, 0.25) is 0 Å². The van der Waals surface area contributed by atoms with E-state index in [2.05, 4.69) is 10.3 Å². The Morgan fingerprint density at radius 1 is 1.35 bits per heavy atom. The average molecular weight is 232 g/mol. The van der Waals surface area contributed by atoms with E-state index in [-0.39, 0.29) is 6.04 Å². The summed E-state index contributed by atoms with van der Waals surface area (Å²) in [6, 6.07) is 4.07. The second-order valence-electron chi connectivity index (χ2n) is 4.88. The summed E-state index contributed by atoms with van der Waals surface area (Å²) >= 11 is 0. The highest BCUT2D eigenvalue weighted by molar-refractivity contribution is 5.58. The van der Waals surface area contributed by atoms with Crippen molar-refractivity contribution in [3.05, 3.63) is 17.9 Å². The van der Waals surface area contributed by atoms with Crippen LogP contribution in [0.25, 0.3) is 11.4 Å². The van der Waals surface area contributed by atoms with Crippen LogP contribution in [0.4, 0.5) is 5.82 Å². The molecule has 1 aliphatic carbocycles. The van der Waals surface area contributed by atoms with Gasteiger partial charge in [-0.05, 0) is 26.7 Å². The topological polar surface area (TPSA) is 69.9 Å². The number of aromatic nitrogens is 3. The number of rotatable bonds is 3. The first-order chi connectivity index (χ1) is 8.15. The average Bonchev–Trinajstić information content (AvgIpc) is 2.88. The van der Waals surface area contributed by atoms with E-state index < -0.39 is 0 Å². The minimum atomic E-state index is 0.249. The van der Waals surface area contributed by atoms with E-state index in [0.29, 0.717) is 11.7 Å². The van der Waals surface area contributed by atoms with Crippen molar-refractivity contribution in [2.75, 3.05) is 5.73 Å². The van der Waals surface area contributed by atoms with Gasteiger partial charge in [0, 0.05) is 24.1 Å². The third-order valence-electron chi connectivity index (χ3n) is 3.02. The Balaban J connectivity index is 1.94. The molecule has 0 aromatic carbocycles. The predicted molar refractivity (Wildman–Crippen MR) is 64.5 cm³/mol. The molecule has 0 bridgehead atoms. The Kier molecular flexibility index (Phi) is 2.21. The van der Waals surface area contributed by atoms with Gasteiger partial charge in [-0.25, -0.2) is 4.68 Å². The Morgan fingerprint density at radius 3 is 2.71 bits per heavy atom. The van der Waals surface area contributed by atoms with E-state index in [1.807, 2.05) is 26.0 Å². The van der Waals surface area contributed by atoms with Crippen LogP contribution in [0.3, 0.4) is 0 Å². The zero-order valence-electron chi connectivity index (χ0n) is 10.1. The summed E-state index contributed by atoms with van der Waals surface area (Å²) in [4.78, 5) is 0. The van der Waals surface area contributed by atoms with Crippen molar-refractivity contribution in [1.82, 2.24) is 14.9 Å². The fraction of sp³-hybridized carbons (Fsp3) is 0.500. The molecular formula is C12H16N4O. The number of nitrogens with zero attached hydrogens (tertiary/aromatic N) is 3. The molecule has 2 N–H and O–H groups in total. The van der Waals surface area contributed by atoms with Gasteiger partial charge in [-0.3, -0.25) is 0 Å². The summed E-state index contributed by atoms with van der Waals surface area (Å²) in [5.74, 6) is 2.20. The van der Waals surface area contributed by atoms with Crippen LogP contribution in [0.15, 0.2) is 16.7 Å². The third-order valence-corrected chi connectivity index (χ3v) is 3.02. The molecule has 2 aromatic heterocycles. The normalized spacial score (nSPS) is 15.7. The van der Waals surface area contributed by atoms with Crippen LogP contribution >= 0.6 is 0 Å². The molecule has 0 atom stereocenters. The van der Waals surface area contributed by atoms with Crippen LogP contribution in [0.2, 0.25) is 0 Å².